The van der Waals surface area contributed by atoms with E-state index in [1.54, 1.807) is 45.0 Å². The van der Waals surface area contributed by atoms with Crippen molar-refractivity contribution in [2.45, 2.75) is 65.3 Å². The smallest absolute Gasteiger partial charge is 0.408 e. The lowest BCUT2D eigenvalue weighted by Gasteiger charge is -2.27. The van der Waals surface area contributed by atoms with Gasteiger partial charge in [0.1, 0.15) is 30.5 Å². The summed E-state index contributed by atoms with van der Waals surface area (Å²) in [5.41, 5.74) is 1.42. The van der Waals surface area contributed by atoms with E-state index in [-0.39, 0.29) is 30.6 Å². The molecule has 0 saturated heterocycles. The predicted molar refractivity (Wildman–Crippen MR) is 141 cm³/mol. The third kappa shape index (κ3) is 9.42. The van der Waals surface area contributed by atoms with Crippen LogP contribution in [0.5, 0.6) is 5.75 Å². The molecule has 2 rings (SSSR count). The molecule has 0 heterocycles. The zero-order valence-corrected chi connectivity index (χ0v) is 22.1. The first-order valence-corrected chi connectivity index (χ1v) is 12.6. The Bertz CT molecular complexity index is 1070. The van der Waals surface area contributed by atoms with Crippen molar-refractivity contribution in [1.82, 2.24) is 16.0 Å². The van der Waals surface area contributed by atoms with Gasteiger partial charge in [-0.05, 0) is 35.1 Å². The van der Waals surface area contributed by atoms with E-state index in [9.17, 15) is 29.4 Å². The van der Waals surface area contributed by atoms with Crippen LogP contribution in [0.3, 0.4) is 0 Å². The maximum Gasteiger partial charge on any atom is 0.408 e. The molecular weight excluding hydrogens is 490 g/mol. The Hall–Kier alpha value is -4.08. The number of carbonyl (C=O) groups is 4. The van der Waals surface area contributed by atoms with Crippen molar-refractivity contribution in [3.63, 3.8) is 0 Å². The summed E-state index contributed by atoms with van der Waals surface area (Å²) in [5, 5.41) is 26.9. The van der Waals surface area contributed by atoms with E-state index in [1.165, 1.54) is 12.1 Å². The van der Waals surface area contributed by atoms with Gasteiger partial charge in [-0.25, -0.2) is 9.59 Å². The monoisotopic (exact) mass is 527 g/mol. The number of phenolic OH excluding ortho intramolecular Hbond substituents is 1. The molecule has 0 aromatic heterocycles. The van der Waals surface area contributed by atoms with Crippen molar-refractivity contribution in [2.75, 3.05) is 0 Å². The van der Waals surface area contributed by atoms with Crippen LogP contribution in [0.15, 0.2) is 54.6 Å². The fraction of sp³-hybridized carbons (Fsp3) is 0.429. The molecular formula is C28H37N3O7. The number of rotatable bonds is 13. The van der Waals surface area contributed by atoms with Gasteiger partial charge >= 0.3 is 12.1 Å². The van der Waals surface area contributed by atoms with Crippen LogP contribution < -0.4 is 16.0 Å². The zero-order valence-electron chi connectivity index (χ0n) is 22.1. The number of carboxylic acid groups (broad SMARTS) is 1. The number of aliphatic carboxylic acids is 1. The number of phenols is 1. The van der Waals surface area contributed by atoms with Gasteiger partial charge in [-0.1, -0.05) is 76.6 Å². The number of alkyl carbamates (subject to hydrolysis) is 1. The van der Waals surface area contributed by atoms with Crippen LogP contribution >= 0.6 is 0 Å². The summed E-state index contributed by atoms with van der Waals surface area (Å²) in [4.78, 5) is 50.6. The fourth-order valence-electron chi connectivity index (χ4n) is 3.70. The Labute approximate surface area is 222 Å². The van der Waals surface area contributed by atoms with E-state index in [4.69, 9.17) is 4.74 Å². The molecule has 0 aliphatic carbocycles. The van der Waals surface area contributed by atoms with Crippen molar-refractivity contribution < 1.29 is 34.1 Å². The minimum atomic E-state index is -1.18. The molecule has 206 valence electrons. The topological polar surface area (TPSA) is 154 Å². The van der Waals surface area contributed by atoms with Crippen molar-refractivity contribution >= 4 is 23.9 Å². The number of hydrogen-bond donors (Lipinski definition) is 5. The van der Waals surface area contributed by atoms with E-state index in [0.29, 0.717) is 12.0 Å². The number of benzene rings is 2. The molecule has 0 aliphatic rings. The third-order valence-corrected chi connectivity index (χ3v) is 6.22. The Morgan fingerprint density at radius 1 is 0.816 bits per heavy atom. The van der Waals surface area contributed by atoms with Gasteiger partial charge in [0.25, 0.3) is 0 Å². The summed E-state index contributed by atoms with van der Waals surface area (Å²) in [6.45, 7) is 7.03. The molecule has 0 bridgehead atoms. The molecule has 0 saturated carbocycles. The SMILES string of the molecule is CCC(C)[C@H](NC(=O)[C@H](Cc1ccc(O)cc1)NC(=O)[C@@H](NC(=O)OCc1ccccc1)C(C)C)C(=O)O. The van der Waals surface area contributed by atoms with Crippen molar-refractivity contribution in [3.8, 4) is 5.75 Å². The largest absolute Gasteiger partial charge is 0.508 e. The van der Waals surface area contributed by atoms with E-state index >= 15 is 0 Å². The average Bonchev–Trinajstić information content (AvgIpc) is 2.89. The van der Waals surface area contributed by atoms with Crippen LogP contribution in [-0.2, 0) is 32.1 Å². The van der Waals surface area contributed by atoms with Gasteiger partial charge in [-0.3, -0.25) is 9.59 Å². The fourth-order valence-corrected chi connectivity index (χ4v) is 3.70. The lowest BCUT2D eigenvalue weighted by atomic mass is 9.97. The van der Waals surface area contributed by atoms with Crippen LogP contribution in [0, 0.1) is 11.8 Å². The van der Waals surface area contributed by atoms with Gasteiger partial charge in [0, 0.05) is 6.42 Å². The first-order valence-electron chi connectivity index (χ1n) is 12.6. The quantitative estimate of drug-likeness (QED) is 0.268. The second kappa shape index (κ2) is 14.6. The molecule has 0 aliphatic heterocycles. The number of ether oxygens (including phenoxy) is 1. The van der Waals surface area contributed by atoms with Gasteiger partial charge in [0.05, 0.1) is 0 Å². The van der Waals surface area contributed by atoms with Crippen molar-refractivity contribution in [3.05, 3.63) is 65.7 Å². The lowest BCUT2D eigenvalue weighted by molar-refractivity contribution is -0.143. The van der Waals surface area contributed by atoms with Gasteiger partial charge < -0.3 is 30.9 Å². The number of nitrogens with one attached hydrogen (secondary N) is 3. The first kappa shape index (κ1) is 30.1. The normalized spacial score (nSPS) is 14.0. The standard InChI is InChI=1S/C28H37N3O7/c1-5-18(4)24(27(35)36)30-25(33)22(15-19-11-13-21(32)14-12-19)29-26(34)23(17(2)3)31-28(37)38-16-20-9-7-6-8-10-20/h6-14,17-18,22-24,32H,5,15-16H2,1-4H3,(H,29,34)(H,30,33)(H,31,37)(H,35,36)/t18?,22-,23-,24-/m0/s1. The molecule has 0 fully saturated rings. The minimum Gasteiger partial charge on any atom is -0.508 e. The molecule has 4 atom stereocenters. The lowest BCUT2D eigenvalue weighted by Crippen LogP contribution is -2.58. The molecule has 10 heteroatoms. The Balaban J connectivity index is 2.17. The van der Waals surface area contributed by atoms with Gasteiger partial charge in [0.2, 0.25) is 11.8 Å². The molecule has 1 unspecified atom stereocenters. The molecule has 0 radical (unpaired) electrons. The highest BCUT2D eigenvalue weighted by molar-refractivity contribution is 5.93. The number of carbonyl (C=O) groups excluding carboxylic acids is 3. The molecule has 3 amide bonds. The average molecular weight is 528 g/mol. The summed E-state index contributed by atoms with van der Waals surface area (Å²) in [5.74, 6) is -3.11. The second-order valence-corrected chi connectivity index (χ2v) is 9.57. The van der Waals surface area contributed by atoms with Crippen LogP contribution in [0.2, 0.25) is 0 Å². The van der Waals surface area contributed by atoms with E-state index < -0.39 is 42.0 Å². The second-order valence-electron chi connectivity index (χ2n) is 9.57. The summed E-state index contributed by atoms with van der Waals surface area (Å²) in [7, 11) is 0. The van der Waals surface area contributed by atoms with Crippen molar-refractivity contribution in [2.24, 2.45) is 11.8 Å². The molecule has 0 spiro atoms. The zero-order chi connectivity index (χ0) is 28.2. The maximum absolute atomic E-state index is 13.2. The predicted octanol–water partition coefficient (Wildman–Crippen LogP) is 2.99. The van der Waals surface area contributed by atoms with E-state index in [0.717, 1.165) is 5.56 Å². The van der Waals surface area contributed by atoms with E-state index in [1.807, 2.05) is 25.1 Å². The van der Waals surface area contributed by atoms with Crippen LogP contribution in [0.4, 0.5) is 4.79 Å². The highest BCUT2D eigenvalue weighted by Crippen LogP contribution is 2.14. The minimum absolute atomic E-state index is 0.0250. The number of aromatic hydroxyl groups is 1. The van der Waals surface area contributed by atoms with Gasteiger partial charge in [-0.15, -0.1) is 0 Å². The van der Waals surface area contributed by atoms with Crippen LogP contribution in [-0.4, -0.2) is 52.2 Å². The number of hydrogen-bond acceptors (Lipinski definition) is 6. The third-order valence-electron chi connectivity index (χ3n) is 6.22. The highest BCUT2D eigenvalue weighted by Gasteiger charge is 2.32. The van der Waals surface area contributed by atoms with Crippen LogP contribution in [0.1, 0.15) is 45.2 Å². The van der Waals surface area contributed by atoms with Crippen molar-refractivity contribution in [1.29, 1.82) is 0 Å². The molecule has 2 aromatic rings. The Kier molecular flexibility index (Phi) is 11.6. The highest BCUT2D eigenvalue weighted by atomic mass is 16.5. The molecule has 2 aromatic carbocycles. The first-order chi connectivity index (χ1) is 18.0. The summed E-state index contributed by atoms with van der Waals surface area (Å²) < 4.78 is 5.24. The summed E-state index contributed by atoms with van der Waals surface area (Å²) >= 11 is 0. The number of amides is 3. The van der Waals surface area contributed by atoms with Crippen LogP contribution in [0.25, 0.3) is 0 Å². The van der Waals surface area contributed by atoms with E-state index in [2.05, 4.69) is 16.0 Å². The maximum atomic E-state index is 13.2. The molecule has 38 heavy (non-hydrogen) atoms. The summed E-state index contributed by atoms with van der Waals surface area (Å²) in [6, 6.07) is 11.9. The van der Waals surface area contributed by atoms with Gasteiger partial charge in [0.15, 0.2) is 0 Å². The number of carboxylic acids is 1. The molecule has 5 N–H and O–H groups in total. The summed E-state index contributed by atoms with van der Waals surface area (Å²) in [6.07, 6.45) is -0.227. The Morgan fingerprint density at radius 3 is 2.00 bits per heavy atom. The molecule has 10 nitrogen and oxygen atoms in total. The van der Waals surface area contributed by atoms with Gasteiger partial charge in [-0.2, -0.15) is 0 Å². The Morgan fingerprint density at radius 2 is 1.45 bits per heavy atom.